The van der Waals surface area contributed by atoms with Gasteiger partial charge in [0, 0.05) is 76.5 Å². The van der Waals surface area contributed by atoms with E-state index in [0.717, 1.165) is 79.4 Å². The average molecular weight is 1210 g/mol. The molecule has 462 valence electrons. The Bertz CT molecular complexity index is 3350. The number of carbonyl (C=O) groups excluding carboxylic acids is 3. The van der Waals surface area contributed by atoms with Gasteiger partial charge in [0.15, 0.2) is 11.5 Å². The van der Waals surface area contributed by atoms with E-state index in [0.29, 0.717) is 54.2 Å². The number of aliphatic hydroxyl groups is 2. The van der Waals surface area contributed by atoms with Crippen molar-refractivity contribution >= 4 is 51.7 Å². The van der Waals surface area contributed by atoms with Gasteiger partial charge in [-0.15, -0.1) is 11.3 Å². The third-order valence-electron chi connectivity index (χ3n) is 17.7. The molecule has 8 heterocycles. The molecule has 4 fully saturated rings. The number of aryl methyl sites for hydroxylation is 1. The average Bonchev–Trinajstić information content (AvgIpc) is 1.82. The number of anilines is 2. The number of aromatic nitrogens is 6. The minimum Gasteiger partial charge on any atom is -0.391 e. The number of thiazole rings is 1. The molecule has 8 N–H and O–H groups in total. The molecule has 4 aromatic heterocycles. The number of nitrogens with two attached hydrogens (primary N) is 2. The SMILES string of the molecule is Cc1ncsc1-c1ccc([C@H](C)NC(=O)[C@@H]2C[C@@H](O)CN2C(=O)[C@@H](NC(=O)CN2CCN(CCN3CCC(c4ccc(-c5cc(Cn6cnc7c(N)ncnc76)c(N6CCC[C@](N)([C@@H](O)C(F)F)C6)cn5)c(C(F)F)c4)CC3)CC2)C(C)(C)C)cc1. The Morgan fingerprint density at radius 1 is 0.884 bits per heavy atom. The van der Waals surface area contributed by atoms with Crippen LogP contribution in [0.25, 0.3) is 32.9 Å². The number of alkyl halides is 4. The zero-order chi connectivity index (χ0) is 61.2. The molecule has 6 aromatic rings. The molecule has 25 heteroatoms. The molecule has 10 rings (SSSR count). The van der Waals surface area contributed by atoms with Crippen LogP contribution in [0.2, 0.25) is 0 Å². The number of nitrogen functional groups attached to an aromatic ring is 1. The minimum absolute atomic E-state index is 0.0176. The maximum absolute atomic E-state index is 15.2. The number of halogens is 4. The molecule has 0 aliphatic carbocycles. The third kappa shape index (κ3) is 14.0. The number of carbonyl (C=O) groups is 3. The molecule has 0 spiro atoms. The van der Waals surface area contributed by atoms with Gasteiger partial charge in [-0.1, -0.05) is 57.2 Å². The lowest BCUT2D eigenvalue weighted by molar-refractivity contribution is -0.144. The van der Waals surface area contributed by atoms with Crippen molar-refractivity contribution in [2.24, 2.45) is 11.1 Å². The van der Waals surface area contributed by atoms with Crippen molar-refractivity contribution in [1.29, 1.82) is 0 Å². The fourth-order valence-corrected chi connectivity index (χ4v) is 13.5. The summed E-state index contributed by atoms with van der Waals surface area (Å²) in [5.74, 6) is -0.811. The second kappa shape index (κ2) is 26.3. The monoisotopic (exact) mass is 1210 g/mol. The summed E-state index contributed by atoms with van der Waals surface area (Å²) in [6.07, 6.45) is -2.08. The Kier molecular flexibility index (Phi) is 19.1. The lowest BCUT2D eigenvalue weighted by atomic mass is 9.84. The summed E-state index contributed by atoms with van der Waals surface area (Å²) < 4.78 is 59.8. The Balaban J connectivity index is 0.709. The molecule has 4 saturated heterocycles. The fourth-order valence-electron chi connectivity index (χ4n) is 12.7. The molecule has 86 heavy (non-hydrogen) atoms. The highest BCUT2D eigenvalue weighted by atomic mass is 32.1. The number of fused-ring (bicyclic) bond motifs is 1. The number of benzene rings is 2. The van der Waals surface area contributed by atoms with E-state index in [1.54, 1.807) is 46.6 Å². The zero-order valence-electron chi connectivity index (χ0n) is 49.4. The number of β-amino-alcohol motifs (C(OH)–C–C–N with tert-alkyl or cyclic N) is 1. The number of nitrogens with one attached hydrogen (secondary N) is 2. The van der Waals surface area contributed by atoms with E-state index in [9.17, 15) is 33.4 Å². The van der Waals surface area contributed by atoms with Crippen LogP contribution in [0, 0.1) is 12.3 Å². The minimum atomic E-state index is -3.04. The van der Waals surface area contributed by atoms with Crippen LogP contribution >= 0.6 is 11.3 Å². The van der Waals surface area contributed by atoms with Crippen LogP contribution < -0.4 is 27.0 Å². The van der Waals surface area contributed by atoms with E-state index in [1.165, 1.54) is 11.2 Å². The van der Waals surface area contributed by atoms with Crippen molar-refractivity contribution in [2.45, 2.75) is 128 Å². The quantitative estimate of drug-likeness (QED) is 0.0510. The maximum Gasteiger partial charge on any atom is 0.265 e. The van der Waals surface area contributed by atoms with Gasteiger partial charge >= 0.3 is 0 Å². The number of aliphatic hydroxyl groups excluding tert-OH is 2. The molecule has 0 bridgehead atoms. The highest BCUT2D eigenvalue weighted by Gasteiger charge is 2.46. The molecule has 4 aliphatic heterocycles. The van der Waals surface area contributed by atoms with Gasteiger partial charge in [0.2, 0.25) is 17.7 Å². The van der Waals surface area contributed by atoms with Crippen molar-refractivity contribution in [3.63, 3.8) is 0 Å². The van der Waals surface area contributed by atoms with Crippen molar-refractivity contribution in [3.8, 4) is 21.7 Å². The van der Waals surface area contributed by atoms with E-state index in [1.807, 2.05) is 75.4 Å². The van der Waals surface area contributed by atoms with Crippen LogP contribution in [0.5, 0.6) is 0 Å². The lowest BCUT2D eigenvalue weighted by Gasteiger charge is -2.44. The largest absolute Gasteiger partial charge is 0.391 e. The van der Waals surface area contributed by atoms with Gasteiger partial charge in [-0.3, -0.25) is 29.2 Å². The number of rotatable bonds is 19. The molecule has 20 nitrogen and oxygen atoms in total. The molecule has 0 saturated carbocycles. The summed E-state index contributed by atoms with van der Waals surface area (Å²) in [6, 6.07) is 12.7. The molecular formula is C61H79F4N15O5S. The first-order valence-electron chi connectivity index (χ1n) is 29.6. The Hall–Kier alpha value is -6.74. The summed E-state index contributed by atoms with van der Waals surface area (Å²) in [7, 11) is 0. The molecule has 0 radical (unpaired) electrons. The number of hydrogen-bond donors (Lipinski definition) is 6. The maximum atomic E-state index is 15.2. The van der Waals surface area contributed by atoms with Gasteiger partial charge < -0.3 is 51.6 Å². The summed E-state index contributed by atoms with van der Waals surface area (Å²) in [5.41, 5.74) is 18.2. The number of piperazine rings is 1. The van der Waals surface area contributed by atoms with Gasteiger partial charge in [0.25, 0.3) is 12.9 Å². The molecule has 6 atom stereocenters. The van der Waals surface area contributed by atoms with E-state index >= 15 is 8.78 Å². The van der Waals surface area contributed by atoms with Crippen LogP contribution in [0.1, 0.15) is 106 Å². The van der Waals surface area contributed by atoms with E-state index in [-0.39, 0.29) is 79.7 Å². The molecule has 3 amide bonds. The van der Waals surface area contributed by atoms with Crippen LogP contribution in [0.4, 0.5) is 29.1 Å². The van der Waals surface area contributed by atoms with Crippen molar-refractivity contribution in [3.05, 3.63) is 101 Å². The Morgan fingerprint density at radius 2 is 1.59 bits per heavy atom. The third-order valence-corrected chi connectivity index (χ3v) is 18.7. The van der Waals surface area contributed by atoms with E-state index in [2.05, 4.69) is 45.3 Å². The predicted octanol–water partition coefficient (Wildman–Crippen LogP) is 5.98. The summed E-state index contributed by atoms with van der Waals surface area (Å²) in [6.45, 7) is 16.2. The molecule has 4 aliphatic rings. The van der Waals surface area contributed by atoms with Crippen molar-refractivity contribution in [2.75, 3.05) is 89.2 Å². The second-order valence-corrected chi connectivity index (χ2v) is 25.7. The summed E-state index contributed by atoms with van der Waals surface area (Å²) in [4.78, 5) is 74.9. The second-order valence-electron chi connectivity index (χ2n) is 24.8. The summed E-state index contributed by atoms with van der Waals surface area (Å²) >= 11 is 1.57. The zero-order valence-corrected chi connectivity index (χ0v) is 50.2. The standard InChI is InChI=1S/C61H79F4N15O5S/c1-36(38-7-9-40(10-8-38)51-37(2)72-35-86-51)73-58(84)47-27-43(81)30-80(47)59(85)52(60(3,4)5)74-49(82)31-77-23-21-76(22-24-77)20-19-75-17-13-39(14-18-75)41-11-12-44(45(25-41)54(62)63)46-26-42(29-79-34-71-50-56(66)69-33-70-57(50)79)48(28-68-46)78-16-6-15-61(67,32-78)53(83)55(64)65/h7-12,25-26,28,33-36,39,43,47,52-55,81,83H,6,13-24,27,29-32,67H2,1-5H3,(H,73,84)(H,74,82)(H2,66,69,70)/t36-,43+,47-,52+,53-,61+/m0/s1. The number of pyridine rings is 1. The van der Waals surface area contributed by atoms with Gasteiger partial charge in [-0.2, -0.15) is 0 Å². The molecular weight excluding hydrogens is 1130 g/mol. The first-order chi connectivity index (χ1) is 41.0. The highest BCUT2D eigenvalue weighted by molar-refractivity contribution is 7.13. The number of imidazole rings is 1. The molecule has 0 unspecified atom stereocenters. The van der Waals surface area contributed by atoms with Gasteiger partial charge in [0.1, 0.15) is 30.0 Å². The van der Waals surface area contributed by atoms with Gasteiger partial charge in [-0.05, 0) is 98.3 Å². The number of nitrogens with zero attached hydrogens (tertiary/aromatic N) is 11. The Morgan fingerprint density at radius 3 is 2.27 bits per heavy atom. The topological polar surface area (TPSA) is 253 Å². The normalized spacial score (nSPS) is 21.6. The van der Waals surface area contributed by atoms with Crippen molar-refractivity contribution < 1.29 is 42.2 Å². The van der Waals surface area contributed by atoms with E-state index in [4.69, 9.17) is 16.5 Å². The van der Waals surface area contributed by atoms with E-state index < -0.39 is 54.0 Å². The number of amides is 3. The fraction of sp³-hybridized carbons (Fsp3) is 0.541. The van der Waals surface area contributed by atoms with Crippen LogP contribution in [0.15, 0.2) is 72.9 Å². The summed E-state index contributed by atoms with van der Waals surface area (Å²) in [5, 5.41) is 27.3. The smallest absolute Gasteiger partial charge is 0.265 e. The first kappa shape index (κ1) is 62.3. The van der Waals surface area contributed by atoms with Crippen LogP contribution in [0.3, 0.4) is 0 Å². The number of piperidine rings is 2. The number of likely N-dealkylation sites (tertiary alicyclic amines) is 2. The van der Waals surface area contributed by atoms with Gasteiger partial charge in [-0.25, -0.2) is 37.5 Å². The van der Waals surface area contributed by atoms with Crippen LogP contribution in [-0.4, -0.2) is 192 Å². The number of hydrogen-bond acceptors (Lipinski definition) is 17. The van der Waals surface area contributed by atoms with Gasteiger partial charge in [0.05, 0.1) is 70.8 Å². The lowest BCUT2D eigenvalue weighted by Crippen LogP contribution is -2.63. The first-order valence-corrected chi connectivity index (χ1v) is 30.5. The van der Waals surface area contributed by atoms with Crippen LogP contribution in [-0.2, 0) is 20.9 Å². The predicted molar refractivity (Wildman–Crippen MR) is 321 cm³/mol. The molecule has 2 aromatic carbocycles. The van der Waals surface area contributed by atoms with Crippen molar-refractivity contribution in [1.82, 2.24) is 59.7 Å². The Labute approximate surface area is 502 Å². The highest BCUT2D eigenvalue weighted by Crippen LogP contribution is 2.39.